The number of hydrogen-bond donors (Lipinski definition) is 1. The van der Waals surface area contributed by atoms with Crippen LogP contribution in [0, 0.1) is 0 Å². The van der Waals surface area contributed by atoms with E-state index in [0.717, 1.165) is 12.4 Å². The van der Waals surface area contributed by atoms with Crippen LogP contribution in [-0.2, 0) is 9.84 Å². The van der Waals surface area contributed by atoms with Gasteiger partial charge in [0.25, 0.3) is 0 Å². The summed E-state index contributed by atoms with van der Waals surface area (Å²) in [5.74, 6) is 1.95. The molecule has 20 heavy (non-hydrogen) atoms. The lowest BCUT2D eigenvalue weighted by atomic mass is 10.3. The van der Waals surface area contributed by atoms with Gasteiger partial charge in [0.05, 0.1) is 4.90 Å². The van der Waals surface area contributed by atoms with Crippen molar-refractivity contribution >= 4 is 15.7 Å². The molecule has 0 radical (unpaired) electrons. The summed E-state index contributed by atoms with van der Waals surface area (Å²) in [6.07, 6.45) is 2.83. The molecule has 6 heteroatoms. The van der Waals surface area contributed by atoms with Crippen LogP contribution in [0.5, 0.6) is 11.5 Å². The Morgan fingerprint density at radius 2 is 1.85 bits per heavy atom. The van der Waals surface area contributed by atoms with Crippen LogP contribution in [-0.4, -0.2) is 26.2 Å². The number of nitrogens with one attached hydrogen (secondary N) is 1. The summed E-state index contributed by atoms with van der Waals surface area (Å²) in [6, 6.07) is 9.83. The third-order valence-corrected chi connectivity index (χ3v) is 3.71. The molecule has 2 rings (SSSR count). The SMILES string of the molecule is CCNc1cc(Oc2ccc(S(C)(=O)=O)cc2)ccn1. The number of rotatable bonds is 5. The van der Waals surface area contributed by atoms with E-state index in [4.69, 9.17) is 4.74 Å². The molecule has 106 valence electrons. The lowest BCUT2D eigenvalue weighted by Crippen LogP contribution is -1.99. The first-order chi connectivity index (χ1) is 9.49. The van der Waals surface area contributed by atoms with Crippen LogP contribution in [0.25, 0.3) is 0 Å². The van der Waals surface area contributed by atoms with Gasteiger partial charge in [-0.1, -0.05) is 0 Å². The van der Waals surface area contributed by atoms with Gasteiger partial charge in [0.15, 0.2) is 9.84 Å². The number of nitrogens with zero attached hydrogens (tertiary/aromatic N) is 1. The largest absolute Gasteiger partial charge is 0.457 e. The second-order valence-electron chi connectivity index (χ2n) is 4.25. The molecule has 0 aliphatic heterocycles. The molecule has 2 aromatic rings. The Morgan fingerprint density at radius 1 is 1.15 bits per heavy atom. The fourth-order valence-electron chi connectivity index (χ4n) is 1.64. The molecule has 0 aliphatic carbocycles. The molecule has 0 bridgehead atoms. The van der Waals surface area contributed by atoms with Gasteiger partial charge in [-0.05, 0) is 37.3 Å². The minimum atomic E-state index is -3.18. The van der Waals surface area contributed by atoms with E-state index >= 15 is 0 Å². The fraction of sp³-hybridized carbons (Fsp3) is 0.214. The van der Waals surface area contributed by atoms with Gasteiger partial charge in [-0.15, -0.1) is 0 Å². The zero-order valence-electron chi connectivity index (χ0n) is 11.3. The molecule has 1 aromatic carbocycles. The second kappa shape index (κ2) is 5.92. The van der Waals surface area contributed by atoms with E-state index in [0.29, 0.717) is 11.5 Å². The van der Waals surface area contributed by atoms with E-state index in [1.54, 1.807) is 30.5 Å². The van der Waals surface area contributed by atoms with Crippen LogP contribution < -0.4 is 10.1 Å². The van der Waals surface area contributed by atoms with Gasteiger partial charge < -0.3 is 10.1 Å². The van der Waals surface area contributed by atoms with E-state index in [1.807, 2.05) is 6.92 Å². The summed E-state index contributed by atoms with van der Waals surface area (Å²) >= 11 is 0. The monoisotopic (exact) mass is 292 g/mol. The first kappa shape index (κ1) is 14.3. The first-order valence-corrected chi connectivity index (χ1v) is 8.06. The molecule has 1 heterocycles. The molecular weight excluding hydrogens is 276 g/mol. The zero-order valence-corrected chi connectivity index (χ0v) is 12.1. The molecule has 0 saturated carbocycles. The predicted molar refractivity (Wildman–Crippen MR) is 78.0 cm³/mol. The molecule has 0 saturated heterocycles. The third kappa shape index (κ3) is 3.71. The van der Waals surface area contributed by atoms with Gasteiger partial charge in [0.2, 0.25) is 0 Å². The van der Waals surface area contributed by atoms with Crippen molar-refractivity contribution in [1.82, 2.24) is 4.98 Å². The fourth-order valence-corrected chi connectivity index (χ4v) is 2.27. The van der Waals surface area contributed by atoms with Crippen LogP contribution in [0.4, 0.5) is 5.82 Å². The molecule has 5 nitrogen and oxygen atoms in total. The van der Waals surface area contributed by atoms with E-state index in [9.17, 15) is 8.42 Å². The Labute approximate surface area is 118 Å². The smallest absolute Gasteiger partial charge is 0.175 e. The van der Waals surface area contributed by atoms with Gasteiger partial charge in [0.1, 0.15) is 17.3 Å². The van der Waals surface area contributed by atoms with Crippen molar-refractivity contribution in [3.63, 3.8) is 0 Å². The Hall–Kier alpha value is -2.08. The van der Waals surface area contributed by atoms with Gasteiger partial charge in [-0.3, -0.25) is 0 Å². The third-order valence-electron chi connectivity index (χ3n) is 2.58. The number of anilines is 1. The number of aromatic nitrogens is 1. The van der Waals surface area contributed by atoms with Crippen molar-refractivity contribution in [1.29, 1.82) is 0 Å². The first-order valence-electron chi connectivity index (χ1n) is 6.17. The Morgan fingerprint density at radius 3 is 2.45 bits per heavy atom. The van der Waals surface area contributed by atoms with Gasteiger partial charge in [-0.25, -0.2) is 13.4 Å². The molecule has 0 spiro atoms. The molecule has 0 fully saturated rings. The highest BCUT2D eigenvalue weighted by molar-refractivity contribution is 7.90. The minimum absolute atomic E-state index is 0.271. The van der Waals surface area contributed by atoms with E-state index < -0.39 is 9.84 Å². The molecule has 0 unspecified atom stereocenters. The van der Waals surface area contributed by atoms with E-state index in [-0.39, 0.29) is 4.90 Å². The highest BCUT2D eigenvalue weighted by atomic mass is 32.2. The lowest BCUT2D eigenvalue weighted by molar-refractivity contribution is 0.481. The quantitative estimate of drug-likeness (QED) is 0.917. The highest BCUT2D eigenvalue weighted by Crippen LogP contribution is 2.24. The van der Waals surface area contributed by atoms with Crippen LogP contribution in [0.3, 0.4) is 0 Å². The number of ether oxygens (including phenoxy) is 1. The average molecular weight is 292 g/mol. The standard InChI is InChI=1S/C14H16N2O3S/c1-3-15-14-10-12(8-9-16-14)19-11-4-6-13(7-5-11)20(2,17)18/h4-10H,3H2,1-2H3,(H,15,16). The summed E-state index contributed by atoms with van der Waals surface area (Å²) in [6.45, 7) is 2.76. The second-order valence-corrected chi connectivity index (χ2v) is 6.27. The van der Waals surface area contributed by atoms with Crippen molar-refractivity contribution in [2.45, 2.75) is 11.8 Å². The molecular formula is C14H16N2O3S. The summed E-state index contributed by atoms with van der Waals surface area (Å²) in [5, 5.41) is 3.09. The minimum Gasteiger partial charge on any atom is -0.457 e. The molecule has 0 amide bonds. The lowest BCUT2D eigenvalue weighted by Gasteiger charge is -2.08. The van der Waals surface area contributed by atoms with Crippen molar-refractivity contribution < 1.29 is 13.2 Å². The maximum Gasteiger partial charge on any atom is 0.175 e. The molecule has 0 atom stereocenters. The normalized spacial score (nSPS) is 11.1. The van der Waals surface area contributed by atoms with Crippen molar-refractivity contribution in [2.75, 3.05) is 18.1 Å². The van der Waals surface area contributed by atoms with Crippen LogP contribution in [0.15, 0.2) is 47.5 Å². The summed E-state index contributed by atoms with van der Waals surface area (Å²) in [7, 11) is -3.18. The highest BCUT2D eigenvalue weighted by Gasteiger charge is 2.07. The number of benzene rings is 1. The maximum atomic E-state index is 11.4. The number of pyridine rings is 1. The van der Waals surface area contributed by atoms with Crippen LogP contribution in [0.2, 0.25) is 0 Å². The number of hydrogen-bond acceptors (Lipinski definition) is 5. The van der Waals surface area contributed by atoms with Crippen LogP contribution in [0.1, 0.15) is 6.92 Å². The summed E-state index contributed by atoms with van der Waals surface area (Å²) in [4.78, 5) is 4.42. The summed E-state index contributed by atoms with van der Waals surface area (Å²) in [5.41, 5.74) is 0. The van der Waals surface area contributed by atoms with Crippen LogP contribution >= 0.6 is 0 Å². The molecule has 0 aliphatic rings. The van der Waals surface area contributed by atoms with Gasteiger partial charge in [-0.2, -0.15) is 0 Å². The Balaban J connectivity index is 2.16. The maximum absolute atomic E-state index is 11.4. The average Bonchev–Trinajstić information content (AvgIpc) is 2.39. The molecule has 1 aromatic heterocycles. The number of sulfone groups is 1. The Kier molecular flexibility index (Phi) is 4.24. The topological polar surface area (TPSA) is 68.3 Å². The van der Waals surface area contributed by atoms with E-state index in [2.05, 4.69) is 10.3 Å². The van der Waals surface area contributed by atoms with E-state index in [1.165, 1.54) is 18.4 Å². The summed E-state index contributed by atoms with van der Waals surface area (Å²) < 4.78 is 28.4. The molecule has 1 N–H and O–H groups in total. The predicted octanol–water partition coefficient (Wildman–Crippen LogP) is 2.71. The van der Waals surface area contributed by atoms with Gasteiger partial charge in [0, 0.05) is 25.1 Å². The zero-order chi connectivity index (χ0) is 14.6. The van der Waals surface area contributed by atoms with Crippen molar-refractivity contribution in [2.24, 2.45) is 0 Å². The Bertz CT molecular complexity index is 682. The van der Waals surface area contributed by atoms with Crippen molar-refractivity contribution in [3.05, 3.63) is 42.6 Å². The van der Waals surface area contributed by atoms with Gasteiger partial charge >= 0.3 is 0 Å². The van der Waals surface area contributed by atoms with Crippen molar-refractivity contribution in [3.8, 4) is 11.5 Å².